The van der Waals surface area contributed by atoms with Gasteiger partial charge in [-0.3, -0.25) is 9.59 Å². The summed E-state index contributed by atoms with van der Waals surface area (Å²) in [7, 11) is 1.36. The molecule has 0 atom stereocenters. The molecule has 0 fully saturated rings. The number of nitrogens with zero attached hydrogens (tertiary/aromatic N) is 1. The van der Waals surface area contributed by atoms with Crippen molar-refractivity contribution in [1.82, 2.24) is 4.90 Å². The molecular weight excluding hydrogens is 254 g/mol. The van der Waals surface area contributed by atoms with Crippen LogP contribution in [-0.2, 0) is 20.9 Å². The van der Waals surface area contributed by atoms with Crippen molar-refractivity contribution in [2.45, 2.75) is 26.3 Å². The van der Waals surface area contributed by atoms with E-state index in [1.165, 1.54) is 12.7 Å². The van der Waals surface area contributed by atoms with E-state index < -0.39 is 0 Å². The van der Waals surface area contributed by atoms with Gasteiger partial charge in [0.2, 0.25) is 5.91 Å². The Morgan fingerprint density at radius 2 is 2.20 bits per heavy atom. The third-order valence-electron chi connectivity index (χ3n) is 3.40. The van der Waals surface area contributed by atoms with Crippen LogP contribution in [0.5, 0.6) is 0 Å². The molecule has 1 aromatic rings. The highest BCUT2D eigenvalue weighted by atomic mass is 16.5. The Morgan fingerprint density at radius 3 is 2.90 bits per heavy atom. The molecule has 1 aromatic carbocycles. The number of aryl methyl sites for hydroxylation is 1. The lowest BCUT2D eigenvalue weighted by Gasteiger charge is -2.17. The van der Waals surface area contributed by atoms with Gasteiger partial charge in [0.25, 0.3) is 0 Å². The average Bonchev–Trinajstić information content (AvgIpc) is 2.77. The van der Waals surface area contributed by atoms with Crippen molar-refractivity contribution in [3.8, 4) is 0 Å². The van der Waals surface area contributed by atoms with Gasteiger partial charge in [-0.05, 0) is 18.9 Å². The van der Waals surface area contributed by atoms with Crippen molar-refractivity contribution < 1.29 is 14.3 Å². The summed E-state index contributed by atoms with van der Waals surface area (Å²) in [6.07, 6.45) is 2.61. The molecule has 0 radical (unpaired) electrons. The minimum atomic E-state index is -0.282. The summed E-state index contributed by atoms with van der Waals surface area (Å²) in [6, 6.07) is 8.14. The summed E-state index contributed by atoms with van der Waals surface area (Å²) in [6.45, 7) is 3.26. The highest BCUT2D eigenvalue weighted by Crippen LogP contribution is 2.19. The van der Waals surface area contributed by atoms with E-state index in [1.807, 2.05) is 31.2 Å². The molecule has 0 aliphatic carbocycles. The van der Waals surface area contributed by atoms with Gasteiger partial charge in [-0.15, -0.1) is 0 Å². The minimum absolute atomic E-state index is 0.0235. The Kier molecular flexibility index (Phi) is 4.56. The number of methoxy groups -OCH3 is 1. The predicted octanol–water partition coefficient (Wildman–Crippen LogP) is 2.22. The molecule has 4 nitrogen and oxygen atoms in total. The van der Waals surface area contributed by atoms with E-state index in [1.54, 1.807) is 4.90 Å². The first-order valence-corrected chi connectivity index (χ1v) is 6.71. The lowest BCUT2D eigenvalue weighted by molar-refractivity contribution is -0.140. The standard InChI is InChI=1S/C16H19NO3/c1-12-4-3-5-13(10-12)11-17-9-8-14(16(17)19)6-7-15(18)20-2/h3-5,8,10H,6-7,9,11H2,1-2H3. The zero-order valence-electron chi connectivity index (χ0n) is 11.9. The fourth-order valence-corrected chi connectivity index (χ4v) is 2.31. The summed E-state index contributed by atoms with van der Waals surface area (Å²) >= 11 is 0. The number of benzene rings is 1. The molecule has 0 saturated carbocycles. The molecular formula is C16H19NO3. The molecule has 4 heteroatoms. The Balaban J connectivity index is 1.91. The SMILES string of the molecule is COC(=O)CCC1=CCN(Cc2cccc(C)c2)C1=O. The Morgan fingerprint density at radius 1 is 1.40 bits per heavy atom. The number of hydrogen-bond donors (Lipinski definition) is 0. The lowest BCUT2D eigenvalue weighted by atomic mass is 10.1. The van der Waals surface area contributed by atoms with E-state index in [-0.39, 0.29) is 18.3 Å². The fourth-order valence-electron chi connectivity index (χ4n) is 2.31. The van der Waals surface area contributed by atoms with Crippen LogP contribution in [0.15, 0.2) is 35.9 Å². The van der Waals surface area contributed by atoms with Gasteiger partial charge in [0.1, 0.15) is 0 Å². The number of amides is 1. The molecule has 1 heterocycles. The number of esters is 1. The molecule has 1 aliphatic heterocycles. The molecule has 2 rings (SSSR count). The zero-order valence-corrected chi connectivity index (χ0v) is 11.9. The van der Waals surface area contributed by atoms with Gasteiger partial charge in [-0.2, -0.15) is 0 Å². The molecule has 20 heavy (non-hydrogen) atoms. The topological polar surface area (TPSA) is 46.6 Å². The lowest BCUT2D eigenvalue weighted by Crippen LogP contribution is -2.26. The van der Waals surface area contributed by atoms with Gasteiger partial charge < -0.3 is 9.64 Å². The molecule has 0 N–H and O–H groups in total. The second-order valence-corrected chi connectivity index (χ2v) is 4.98. The van der Waals surface area contributed by atoms with E-state index in [4.69, 9.17) is 0 Å². The highest BCUT2D eigenvalue weighted by molar-refractivity contribution is 5.96. The van der Waals surface area contributed by atoms with Crippen LogP contribution < -0.4 is 0 Å². The molecule has 106 valence electrons. The first-order chi connectivity index (χ1) is 9.60. The van der Waals surface area contributed by atoms with Crippen LogP contribution >= 0.6 is 0 Å². The monoisotopic (exact) mass is 273 g/mol. The number of rotatable bonds is 5. The molecule has 0 saturated heterocycles. The summed E-state index contributed by atoms with van der Waals surface area (Å²) in [4.78, 5) is 25.1. The van der Waals surface area contributed by atoms with Crippen LogP contribution in [0.2, 0.25) is 0 Å². The third kappa shape index (κ3) is 3.47. The smallest absolute Gasteiger partial charge is 0.305 e. The second-order valence-electron chi connectivity index (χ2n) is 4.98. The van der Waals surface area contributed by atoms with Crippen LogP contribution in [0.3, 0.4) is 0 Å². The first-order valence-electron chi connectivity index (χ1n) is 6.71. The van der Waals surface area contributed by atoms with E-state index in [9.17, 15) is 9.59 Å². The maximum absolute atomic E-state index is 12.2. The Hall–Kier alpha value is -2.10. The molecule has 0 bridgehead atoms. The number of ether oxygens (including phenoxy) is 1. The largest absolute Gasteiger partial charge is 0.469 e. The van der Waals surface area contributed by atoms with Gasteiger partial charge >= 0.3 is 5.97 Å². The first kappa shape index (κ1) is 14.3. The average molecular weight is 273 g/mol. The number of hydrogen-bond acceptors (Lipinski definition) is 3. The van der Waals surface area contributed by atoms with Crippen molar-refractivity contribution in [1.29, 1.82) is 0 Å². The van der Waals surface area contributed by atoms with Crippen LogP contribution in [0, 0.1) is 6.92 Å². The van der Waals surface area contributed by atoms with Gasteiger partial charge in [-0.1, -0.05) is 35.9 Å². The third-order valence-corrected chi connectivity index (χ3v) is 3.40. The normalized spacial score (nSPS) is 14.4. The fraction of sp³-hybridized carbons (Fsp3) is 0.375. The molecule has 0 unspecified atom stereocenters. The molecule has 1 aliphatic rings. The van der Waals surface area contributed by atoms with E-state index in [2.05, 4.69) is 10.8 Å². The van der Waals surface area contributed by atoms with E-state index in [0.717, 1.165) is 5.56 Å². The molecule has 0 spiro atoms. The number of carbonyl (C=O) groups excluding carboxylic acids is 2. The Labute approximate surface area is 119 Å². The van der Waals surface area contributed by atoms with E-state index >= 15 is 0 Å². The van der Waals surface area contributed by atoms with Crippen molar-refractivity contribution in [3.05, 3.63) is 47.0 Å². The Bertz CT molecular complexity index is 548. The molecule has 1 amide bonds. The van der Waals surface area contributed by atoms with Gasteiger partial charge in [0, 0.05) is 25.1 Å². The van der Waals surface area contributed by atoms with Crippen LogP contribution in [0.25, 0.3) is 0 Å². The van der Waals surface area contributed by atoms with Crippen LogP contribution in [0.4, 0.5) is 0 Å². The van der Waals surface area contributed by atoms with Gasteiger partial charge in [-0.25, -0.2) is 0 Å². The van der Waals surface area contributed by atoms with Crippen molar-refractivity contribution in [3.63, 3.8) is 0 Å². The van der Waals surface area contributed by atoms with Crippen LogP contribution in [-0.4, -0.2) is 30.4 Å². The van der Waals surface area contributed by atoms with Crippen molar-refractivity contribution in [2.75, 3.05) is 13.7 Å². The summed E-state index contributed by atoms with van der Waals surface area (Å²) in [5.74, 6) is -0.258. The zero-order chi connectivity index (χ0) is 14.5. The van der Waals surface area contributed by atoms with E-state index in [0.29, 0.717) is 25.1 Å². The summed E-state index contributed by atoms with van der Waals surface area (Å²) in [5.41, 5.74) is 3.03. The maximum Gasteiger partial charge on any atom is 0.305 e. The summed E-state index contributed by atoms with van der Waals surface area (Å²) < 4.78 is 4.59. The van der Waals surface area contributed by atoms with Crippen LogP contribution in [0.1, 0.15) is 24.0 Å². The van der Waals surface area contributed by atoms with Gasteiger partial charge in [0.15, 0.2) is 0 Å². The minimum Gasteiger partial charge on any atom is -0.469 e. The predicted molar refractivity (Wildman–Crippen MR) is 75.9 cm³/mol. The molecule has 0 aromatic heterocycles. The summed E-state index contributed by atoms with van der Waals surface area (Å²) in [5, 5.41) is 0. The van der Waals surface area contributed by atoms with Crippen molar-refractivity contribution >= 4 is 11.9 Å². The van der Waals surface area contributed by atoms with Gasteiger partial charge in [0.05, 0.1) is 7.11 Å². The highest BCUT2D eigenvalue weighted by Gasteiger charge is 2.24. The van der Waals surface area contributed by atoms with Crippen molar-refractivity contribution in [2.24, 2.45) is 0 Å². The second kappa shape index (κ2) is 6.37. The quantitative estimate of drug-likeness (QED) is 0.773. The maximum atomic E-state index is 12.2. The number of carbonyl (C=O) groups is 2.